The van der Waals surface area contributed by atoms with E-state index >= 15 is 0 Å². The van der Waals surface area contributed by atoms with Crippen molar-refractivity contribution < 1.29 is 19.4 Å². The molecule has 0 aromatic heterocycles. The third-order valence-electron chi connectivity index (χ3n) is 6.32. The molecule has 0 radical (unpaired) electrons. The van der Waals surface area contributed by atoms with Gasteiger partial charge in [0.2, 0.25) is 0 Å². The molecule has 1 aliphatic carbocycles. The predicted octanol–water partition coefficient (Wildman–Crippen LogP) is -0.141. The number of carbonyl (C=O) groups excluding carboxylic acids is 1. The molecule has 7 heteroatoms. The van der Waals surface area contributed by atoms with Gasteiger partial charge >= 0.3 is 5.97 Å². The smallest absolute Gasteiger partial charge is 0.309 e. The summed E-state index contributed by atoms with van der Waals surface area (Å²) in [6.45, 7) is 0.903. The zero-order chi connectivity index (χ0) is 16.1. The van der Waals surface area contributed by atoms with Crippen molar-refractivity contribution in [3.8, 4) is 0 Å². The van der Waals surface area contributed by atoms with Gasteiger partial charge in [-0.15, -0.1) is 0 Å². The molecular weight excluding hydrogens is 298 g/mol. The number of nitrogens with two attached hydrogens (primary N) is 1. The minimum Gasteiger partial charge on any atom is -0.481 e. The summed E-state index contributed by atoms with van der Waals surface area (Å²) >= 11 is 0. The second-order valence-electron chi connectivity index (χ2n) is 7.56. The van der Waals surface area contributed by atoms with Crippen LogP contribution < -0.4 is 16.4 Å². The molecule has 0 amide bonds. The second-order valence-corrected chi connectivity index (χ2v) is 7.56. The van der Waals surface area contributed by atoms with E-state index in [1.54, 1.807) is 0 Å². The molecule has 1 saturated carbocycles. The number of aliphatic carboxylic acids is 1. The third-order valence-corrected chi connectivity index (χ3v) is 6.32. The zero-order valence-electron chi connectivity index (χ0n) is 13.1. The van der Waals surface area contributed by atoms with E-state index < -0.39 is 30.2 Å². The summed E-state index contributed by atoms with van der Waals surface area (Å²) in [5.41, 5.74) is 5.88. The van der Waals surface area contributed by atoms with Crippen molar-refractivity contribution >= 4 is 11.8 Å². The maximum atomic E-state index is 12.9. The van der Waals surface area contributed by atoms with Crippen molar-refractivity contribution in [2.24, 2.45) is 35.3 Å². The standard InChI is InChI=1S/C16H25N3O4/c17-13-11(16(21)22)5-10-12(20)9-4-8(7-2-1-3-7)6-18-14(9)23-15(10)19-13/h7-11,13-15,18-19H,1-6,17H2,(H,21,22). The average Bonchev–Trinajstić information content (AvgIpc) is 2.45. The first-order valence-corrected chi connectivity index (χ1v) is 8.71. The van der Waals surface area contributed by atoms with Crippen LogP contribution in [0.1, 0.15) is 32.1 Å². The normalized spacial score (nSPS) is 47.3. The molecule has 0 aromatic carbocycles. The lowest BCUT2D eigenvalue weighted by Crippen LogP contribution is -2.68. The summed E-state index contributed by atoms with van der Waals surface area (Å²) in [5, 5.41) is 15.7. The molecule has 23 heavy (non-hydrogen) atoms. The first-order valence-electron chi connectivity index (χ1n) is 8.71. The number of rotatable bonds is 2. The van der Waals surface area contributed by atoms with Gasteiger partial charge in [0.05, 0.1) is 23.9 Å². The van der Waals surface area contributed by atoms with Gasteiger partial charge < -0.3 is 15.6 Å². The van der Waals surface area contributed by atoms with Crippen LogP contribution in [0.2, 0.25) is 0 Å². The quantitative estimate of drug-likeness (QED) is 0.559. The van der Waals surface area contributed by atoms with E-state index in [1.807, 2.05) is 0 Å². The Hall–Kier alpha value is -1.02. The SMILES string of the molecule is NC1NC2OC3NCC(C4CCC4)CC3C(=O)C2CC1C(=O)O. The number of carboxylic acid groups (broad SMARTS) is 1. The number of hydrogen-bond donors (Lipinski definition) is 4. The number of nitrogens with one attached hydrogen (secondary N) is 2. The van der Waals surface area contributed by atoms with Gasteiger partial charge in [0.15, 0.2) is 0 Å². The number of fused-ring (bicyclic) bond motifs is 2. The first-order chi connectivity index (χ1) is 11.0. The summed E-state index contributed by atoms with van der Waals surface area (Å²) in [5.74, 6) is -0.817. The fourth-order valence-corrected chi connectivity index (χ4v) is 4.67. The number of ketones is 1. The Morgan fingerprint density at radius 1 is 1.17 bits per heavy atom. The predicted molar refractivity (Wildman–Crippen MR) is 81.0 cm³/mol. The molecule has 0 bridgehead atoms. The van der Waals surface area contributed by atoms with Crippen LogP contribution >= 0.6 is 0 Å². The highest BCUT2D eigenvalue weighted by Crippen LogP contribution is 2.42. The fraction of sp³-hybridized carbons (Fsp3) is 0.875. The second kappa shape index (κ2) is 5.81. The van der Waals surface area contributed by atoms with Gasteiger partial charge in [-0.2, -0.15) is 0 Å². The van der Waals surface area contributed by atoms with Gasteiger partial charge in [-0.3, -0.25) is 20.2 Å². The highest BCUT2D eigenvalue weighted by atomic mass is 16.5. The van der Waals surface area contributed by atoms with Gasteiger partial charge in [0, 0.05) is 6.54 Å². The molecule has 3 saturated heterocycles. The molecule has 3 heterocycles. The number of carbonyl (C=O) groups is 2. The van der Waals surface area contributed by atoms with Crippen LogP contribution in [0, 0.1) is 29.6 Å². The molecule has 7 nitrogen and oxygen atoms in total. The molecule has 4 rings (SSSR count). The molecule has 4 aliphatic rings. The lowest BCUT2D eigenvalue weighted by atomic mass is 9.68. The molecule has 128 valence electrons. The van der Waals surface area contributed by atoms with E-state index in [4.69, 9.17) is 10.5 Å². The van der Waals surface area contributed by atoms with E-state index in [9.17, 15) is 14.7 Å². The maximum absolute atomic E-state index is 12.9. The van der Waals surface area contributed by atoms with E-state index in [0.717, 1.165) is 18.9 Å². The number of hydrogen-bond acceptors (Lipinski definition) is 6. The summed E-state index contributed by atoms with van der Waals surface area (Å²) in [6, 6.07) is 0. The highest BCUT2D eigenvalue weighted by molar-refractivity contribution is 5.86. The molecule has 0 aromatic rings. The monoisotopic (exact) mass is 323 g/mol. The average molecular weight is 323 g/mol. The van der Waals surface area contributed by atoms with E-state index in [-0.39, 0.29) is 24.3 Å². The molecule has 0 spiro atoms. The Kier molecular flexibility index (Phi) is 3.91. The van der Waals surface area contributed by atoms with Gasteiger partial charge in [-0.05, 0) is 24.7 Å². The maximum Gasteiger partial charge on any atom is 0.309 e. The van der Waals surface area contributed by atoms with Crippen LogP contribution in [-0.2, 0) is 14.3 Å². The Morgan fingerprint density at radius 2 is 1.91 bits per heavy atom. The Labute approximate surface area is 135 Å². The lowest BCUT2D eigenvalue weighted by molar-refractivity contribution is -0.189. The van der Waals surface area contributed by atoms with Gasteiger partial charge in [0.25, 0.3) is 0 Å². The van der Waals surface area contributed by atoms with Crippen LogP contribution in [-0.4, -0.2) is 42.0 Å². The van der Waals surface area contributed by atoms with Crippen molar-refractivity contribution in [2.45, 2.75) is 50.7 Å². The number of Topliss-reactive ketones (excluding diaryl/α,β-unsaturated/α-hetero) is 1. The van der Waals surface area contributed by atoms with Gasteiger partial charge in [0.1, 0.15) is 18.2 Å². The largest absolute Gasteiger partial charge is 0.481 e. The number of piperidine rings is 2. The zero-order valence-corrected chi connectivity index (χ0v) is 13.1. The summed E-state index contributed by atoms with van der Waals surface area (Å²) < 4.78 is 6.03. The van der Waals surface area contributed by atoms with Gasteiger partial charge in [-0.1, -0.05) is 19.3 Å². The van der Waals surface area contributed by atoms with Crippen LogP contribution in [0.5, 0.6) is 0 Å². The van der Waals surface area contributed by atoms with Crippen LogP contribution in [0.3, 0.4) is 0 Å². The van der Waals surface area contributed by atoms with Crippen LogP contribution in [0.25, 0.3) is 0 Å². The molecular formula is C16H25N3O4. The fourth-order valence-electron chi connectivity index (χ4n) is 4.67. The molecule has 7 unspecified atom stereocenters. The molecule has 5 N–H and O–H groups in total. The third kappa shape index (κ3) is 2.59. The van der Waals surface area contributed by atoms with Crippen molar-refractivity contribution in [3.63, 3.8) is 0 Å². The first kappa shape index (κ1) is 15.5. The minimum absolute atomic E-state index is 0.147. The summed E-state index contributed by atoms with van der Waals surface area (Å²) in [7, 11) is 0. The van der Waals surface area contributed by atoms with Crippen molar-refractivity contribution in [2.75, 3.05) is 6.54 Å². The Bertz CT molecular complexity index is 510. The topological polar surface area (TPSA) is 114 Å². The summed E-state index contributed by atoms with van der Waals surface area (Å²) in [6.07, 6.45) is 3.56. The molecule has 7 atom stereocenters. The minimum atomic E-state index is -0.951. The number of ether oxygens (including phenoxy) is 1. The van der Waals surface area contributed by atoms with Crippen molar-refractivity contribution in [1.29, 1.82) is 0 Å². The summed E-state index contributed by atoms with van der Waals surface area (Å²) in [4.78, 5) is 24.3. The van der Waals surface area contributed by atoms with E-state index in [2.05, 4.69) is 10.6 Å². The molecule has 3 aliphatic heterocycles. The van der Waals surface area contributed by atoms with Crippen LogP contribution in [0.4, 0.5) is 0 Å². The van der Waals surface area contributed by atoms with Crippen molar-refractivity contribution in [1.82, 2.24) is 10.6 Å². The molecule has 4 fully saturated rings. The van der Waals surface area contributed by atoms with Crippen molar-refractivity contribution in [3.05, 3.63) is 0 Å². The van der Waals surface area contributed by atoms with Crippen LogP contribution in [0.15, 0.2) is 0 Å². The Morgan fingerprint density at radius 3 is 2.57 bits per heavy atom. The van der Waals surface area contributed by atoms with E-state index in [1.165, 1.54) is 19.3 Å². The highest BCUT2D eigenvalue weighted by Gasteiger charge is 2.52. The van der Waals surface area contributed by atoms with Gasteiger partial charge in [-0.25, -0.2) is 0 Å². The Balaban J connectivity index is 1.49. The number of carboxylic acids is 1. The van der Waals surface area contributed by atoms with E-state index in [0.29, 0.717) is 5.92 Å². The lowest BCUT2D eigenvalue weighted by Gasteiger charge is -2.50.